The maximum atomic E-state index is 11.5. The van der Waals surface area contributed by atoms with Crippen LogP contribution in [0.2, 0.25) is 0 Å². The Morgan fingerprint density at radius 2 is 2.27 bits per heavy atom. The fourth-order valence-electron chi connectivity index (χ4n) is 1.06. The van der Waals surface area contributed by atoms with Crippen LogP contribution >= 0.6 is 15.9 Å². The van der Waals surface area contributed by atoms with Crippen molar-refractivity contribution in [3.05, 3.63) is 28.2 Å². The quantitative estimate of drug-likeness (QED) is 0.677. The molecule has 0 aliphatic heterocycles. The number of halogens is 1. The van der Waals surface area contributed by atoms with Crippen LogP contribution in [0.15, 0.2) is 22.7 Å². The van der Waals surface area contributed by atoms with Crippen molar-refractivity contribution in [3.8, 4) is 5.75 Å². The van der Waals surface area contributed by atoms with E-state index in [4.69, 9.17) is 4.74 Å². The lowest BCUT2D eigenvalue weighted by Crippen LogP contribution is -2.06. The van der Waals surface area contributed by atoms with Gasteiger partial charge in [0.25, 0.3) is 0 Å². The molecular formula is C11H13BrO3. The number of hydrogen-bond acceptors (Lipinski definition) is 3. The molecule has 1 rings (SSSR count). The Hall–Kier alpha value is -1.03. The molecule has 82 valence electrons. The zero-order chi connectivity index (χ0) is 11.3. The van der Waals surface area contributed by atoms with Crippen LogP contribution in [-0.4, -0.2) is 17.7 Å². The fraction of sp³-hybridized carbons (Fsp3) is 0.364. The molecular weight excluding hydrogens is 260 g/mol. The number of aromatic hydroxyl groups is 1. The van der Waals surface area contributed by atoms with Crippen LogP contribution in [0.4, 0.5) is 0 Å². The van der Waals surface area contributed by atoms with Gasteiger partial charge in [0.1, 0.15) is 11.3 Å². The SMILES string of the molecule is CCCCOC(=O)c1cc(Br)ccc1O. The van der Waals surface area contributed by atoms with Crippen LogP contribution in [0.5, 0.6) is 5.75 Å². The predicted octanol–water partition coefficient (Wildman–Crippen LogP) is 3.11. The van der Waals surface area contributed by atoms with Crippen LogP contribution in [0.1, 0.15) is 30.1 Å². The van der Waals surface area contributed by atoms with Gasteiger partial charge in [0.05, 0.1) is 6.61 Å². The highest BCUT2D eigenvalue weighted by Gasteiger charge is 2.12. The lowest BCUT2D eigenvalue weighted by molar-refractivity contribution is 0.0496. The number of esters is 1. The summed E-state index contributed by atoms with van der Waals surface area (Å²) in [6.45, 7) is 2.41. The highest BCUT2D eigenvalue weighted by Crippen LogP contribution is 2.22. The van der Waals surface area contributed by atoms with Gasteiger partial charge in [0.15, 0.2) is 0 Å². The number of ether oxygens (including phenoxy) is 1. The molecule has 15 heavy (non-hydrogen) atoms. The first kappa shape index (κ1) is 12.0. The van der Waals surface area contributed by atoms with Gasteiger partial charge in [-0.2, -0.15) is 0 Å². The van der Waals surface area contributed by atoms with Crippen molar-refractivity contribution in [2.24, 2.45) is 0 Å². The molecule has 0 radical (unpaired) electrons. The molecule has 0 aliphatic carbocycles. The summed E-state index contributed by atoms with van der Waals surface area (Å²) < 4.78 is 5.72. The van der Waals surface area contributed by atoms with Crippen LogP contribution in [0, 0.1) is 0 Å². The largest absolute Gasteiger partial charge is 0.507 e. The molecule has 0 aromatic heterocycles. The normalized spacial score (nSPS) is 10.0. The number of unbranched alkanes of at least 4 members (excludes halogenated alkanes) is 1. The Bertz CT molecular complexity index is 350. The number of phenolic OH excluding ortho intramolecular Hbond substituents is 1. The number of phenols is 1. The van der Waals surface area contributed by atoms with Crippen molar-refractivity contribution >= 4 is 21.9 Å². The fourth-order valence-corrected chi connectivity index (χ4v) is 1.42. The molecule has 4 heteroatoms. The average Bonchev–Trinajstić information content (AvgIpc) is 2.22. The van der Waals surface area contributed by atoms with E-state index in [1.807, 2.05) is 6.92 Å². The zero-order valence-electron chi connectivity index (χ0n) is 8.50. The molecule has 3 nitrogen and oxygen atoms in total. The summed E-state index contributed by atoms with van der Waals surface area (Å²) in [7, 11) is 0. The third-order valence-electron chi connectivity index (χ3n) is 1.91. The Balaban J connectivity index is 2.68. The second-order valence-electron chi connectivity index (χ2n) is 3.15. The molecule has 1 aromatic carbocycles. The summed E-state index contributed by atoms with van der Waals surface area (Å²) in [5, 5.41) is 9.44. The standard InChI is InChI=1S/C11H13BrO3/c1-2-3-6-15-11(14)9-7-8(12)4-5-10(9)13/h4-5,7,13H,2-3,6H2,1H3. The first-order chi connectivity index (χ1) is 7.15. The third-order valence-corrected chi connectivity index (χ3v) is 2.40. The zero-order valence-corrected chi connectivity index (χ0v) is 10.1. The van der Waals surface area contributed by atoms with Crippen molar-refractivity contribution in [2.45, 2.75) is 19.8 Å². The monoisotopic (exact) mass is 272 g/mol. The molecule has 0 heterocycles. The summed E-state index contributed by atoms with van der Waals surface area (Å²) >= 11 is 3.23. The molecule has 0 fully saturated rings. The number of carbonyl (C=O) groups is 1. The van der Waals surface area contributed by atoms with Crippen LogP contribution in [-0.2, 0) is 4.74 Å². The second-order valence-corrected chi connectivity index (χ2v) is 4.07. The van der Waals surface area contributed by atoms with Crippen molar-refractivity contribution < 1.29 is 14.6 Å². The van der Waals surface area contributed by atoms with Gasteiger partial charge in [-0.25, -0.2) is 4.79 Å². The van der Waals surface area contributed by atoms with E-state index in [0.717, 1.165) is 17.3 Å². The van der Waals surface area contributed by atoms with Crippen molar-refractivity contribution in [1.29, 1.82) is 0 Å². The molecule has 1 aromatic rings. The first-order valence-electron chi connectivity index (χ1n) is 4.80. The van der Waals surface area contributed by atoms with Crippen LogP contribution in [0.3, 0.4) is 0 Å². The lowest BCUT2D eigenvalue weighted by Gasteiger charge is -2.05. The Morgan fingerprint density at radius 3 is 2.93 bits per heavy atom. The molecule has 1 N–H and O–H groups in total. The van der Waals surface area contributed by atoms with Gasteiger partial charge in [-0.3, -0.25) is 0 Å². The predicted molar refractivity (Wildman–Crippen MR) is 61.0 cm³/mol. The maximum absolute atomic E-state index is 11.5. The Kier molecular flexibility index (Phi) is 4.62. The number of hydrogen-bond donors (Lipinski definition) is 1. The van der Waals surface area contributed by atoms with E-state index in [-0.39, 0.29) is 11.3 Å². The van der Waals surface area contributed by atoms with Gasteiger partial charge < -0.3 is 9.84 Å². The van der Waals surface area contributed by atoms with Gasteiger partial charge in [-0.1, -0.05) is 29.3 Å². The van der Waals surface area contributed by atoms with Gasteiger partial charge >= 0.3 is 5.97 Å². The van der Waals surface area contributed by atoms with E-state index in [9.17, 15) is 9.90 Å². The van der Waals surface area contributed by atoms with Crippen molar-refractivity contribution in [3.63, 3.8) is 0 Å². The average molecular weight is 273 g/mol. The van der Waals surface area contributed by atoms with E-state index >= 15 is 0 Å². The number of benzene rings is 1. The molecule has 0 bridgehead atoms. The number of rotatable bonds is 4. The number of carbonyl (C=O) groups excluding carboxylic acids is 1. The molecule has 0 spiro atoms. The lowest BCUT2D eigenvalue weighted by atomic mass is 10.2. The van der Waals surface area contributed by atoms with Gasteiger partial charge in [-0.05, 0) is 24.6 Å². The van der Waals surface area contributed by atoms with Gasteiger partial charge in [0.2, 0.25) is 0 Å². The molecule has 0 amide bonds. The Morgan fingerprint density at radius 1 is 1.53 bits per heavy atom. The molecule has 0 saturated carbocycles. The van der Waals surface area contributed by atoms with E-state index in [1.165, 1.54) is 6.07 Å². The summed E-state index contributed by atoms with van der Waals surface area (Å²) in [4.78, 5) is 11.5. The third kappa shape index (κ3) is 3.55. The first-order valence-corrected chi connectivity index (χ1v) is 5.60. The minimum Gasteiger partial charge on any atom is -0.507 e. The molecule has 0 aliphatic rings. The van der Waals surface area contributed by atoms with Crippen LogP contribution in [0.25, 0.3) is 0 Å². The van der Waals surface area contributed by atoms with Crippen LogP contribution < -0.4 is 0 Å². The van der Waals surface area contributed by atoms with E-state index in [2.05, 4.69) is 15.9 Å². The van der Waals surface area contributed by atoms with E-state index in [1.54, 1.807) is 12.1 Å². The summed E-state index contributed by atoms with van der Waals surface area (Å²) in [6.07, 6.45) is 1.80. The minimum atomic E-state index is -0.484. The second kappa shape index (κ2) is 5.75. The minimum absolute atomic E-state index is 0.0558. The topological polar surface area (TPSA) is 46.5 Å². The smallest absolute Gasteiger partial charge is 0.341 e. The van der Waals surface area contributed by atoms with E-state index in [0.29, 0.717) is 6.61 Å². The van der Waals surface area contributed by atoms with Crippen molar-refractivity contribution in [1.82, 2.24) is 0 Å². The molecule has 0 unspecified atom stereocenters. The molecule has 0 atom stereocenters. The Labute approximate surface area is 97.2 Å². The van der Waals surface area contributed by atoms with Gasteiger partial charge in [-0.15, -0.1) is 0 Å². The summed E-state index contributed by atoms with van der Waals surface area (Å²) in [6, 6.07) is 4.67. The summed E-state index contributed by atoms with van der Waals surface area (Å²) in [5.74, 6) is -0.540. The van der Waals surface area contributed by atoms with E-state index < -0.39 is 5.97 Å². The highest BCUT2D eigenvalue weighted by atomic mass is 79.9. The maximum Gasteiger partial charge on any atom is 0.341 e. The van der Waals surface area contributed by atoms with Crippen molar-refractivity contribution in [2.75, 3.05) is 6.61 Å². The molecule has 0 saturated heterocycles. The highest BCUT2D eigenvalue weighted by molar-refractivity contribution is 9.10. The summed E-state index contributed by atoms with van der Waals surface area (Å²) in [5.41, 5.74) is 0.195. The van der Waals surface area contributed by atoms with Gasteiger partial charge in [0, 0.05) is 4.47 Å².